The SMILES string of the molecule is c1ccc(C2CO2)c(-c2cc3c4c(ccc5c4c2CCC5)CCC3)c1. The van der Waals surface area contributed by atoms with E-state index in [1.54, 1.807) is 33.0 Å². The summed E-state index contributed by atoms with van der Waals surface area (Å²) in [7, 11) is 0. The molecule has 25 heavy (non-hydrogen) atoms. The van der Waals surface area contributed by atoms with Gasteiger partial charge in [-0.25, -0.2) is 0 Å². The molecule has 124 valence electrons. The number of epoxide rings is 1. The van der Waals surface area contributed by atoms with Gasteiger partial charge >= 0.3 is 0 Å². The van der Waals surface area contributed by atoms with E-state index in [0.717, 1.165) is 6.61 Å². The van der Waals surface area contributed by atoms with Crippen molar-refractivity contribution in [1.82, 2.24) is 0 Å². The summed E-state index contributed by atoms with van der Waals surface area (Å²) in [6, 6.07) is 16.2. The van der Waals surface area contributed by atoms with Crippen LogP contribution in [0.4, 0.5) is 0 Å². The highest BCUT2D eigenvalue weighted by Gasteiger charge is 2.29. The molecule has 1 heteroatoms. The first-order chi connectivity index (χ1) is 12.4. The van der Waals surface area contributed by atoms with E-state index in [4.69, 9.17) is 4.74 Å². The minimum absolute atomic E-state index is 0.310. The Morgan fingerprint density at radius 2 is 1.44 bits per heavy atom. The van der Waals surface area contributed by atoms with Gasteiger partial charge < -0.3 is 4.74 Å². The molecule has 0 amide bonds. The summed E-state index contributed by atoms with van der Waals surface area (Å²) in [6.07, 6.45) is 7.79. The highest BCUT2D eigenvalue weighted by molar-refractivity contribution is 6.00. The maximum atomic E-state index is 5.64. The van der Waals surface area contributed by atoms with Gasteiger partial charge in [0, 0.05) is 0 Å². The molecule has 6 rings (SSSR count). The molecule has 1 atom stereocenters. The van der Waals surface area contributed by atoms with Crippen molar-refractivity contribution < 1.29 is 4.74 Å². The van der Waals surface area contributed by atoms with Crippen LogP contribution in [0.15, 0.2) is 42.5 Å². The van der Waals surface area contributed by atoms with E-state index in [2.05, 4.69) is 42.5 Å². The molecule has 1 fully saturated rings. The van der Waals surface area contributed by atoms with Crippen molar-refractivity contribution in [2.24, 2.45) is 0 Å². The average molecular weight is 326 g/mol. The summed E-state index contributed by atoms with van der Waals surface area (Å²) in [6.45, 7) is 0.877. The van der Waals surface area contributed by atoms with Crippen molar-refractivity contribution in [3.05, 3.63) is 70.3 Å². The number of ether oxygens (including phenoxy) is 1. The molecule has 1 heterocycles. The molecule has 3 aromatic rings. The van der Waals surface area contributed by atoms with E-state index in [-0.39, 0.29) is 0 Å². The summed E-state index contributed by atoms with van der Waals surface area (Å²) in [5.74, 6) is 0. The first kappa shape index (κ1) is 14.1. The lowest BCUT2D eigenvalue weighted by Crippen LogP contribution is -2.10. The summed E-state index contributed by atoms with van der Waals surface area (Å²) in [4.78, 5) is 0. The Hall–Kier alpha value is -2.12. The number of rotatable bonds is 2. The molecule has 0 N–H and O–H groups in total. The molecule has 3 aliphatic rings. The molecular formula is C24H22O. The fourth-order valence-electron chi connectivity index (χ4n) is 5.16. The van der Waals surface area contributed by atoms with Crippen LogP contribution in [0.5, 0.6) is 0 Å². The van der Waals surface area contributed by atoms with Crippen LogP contribution >= 0.6 is 0 Å². The summed E-state index contributed by atoms with van der Waals surface area (Å²) < 4.78 is 5.64. The van der Waals surface area contributed by atoms with Gasteiger partial charge in [-0.3, -0.25) is 0 Å². The molecule has 2 aliphatic carbocycles. The van der Waals surface area contributed by atoms with Gasteiger partial charge in [-0.05, 0) is 88.2 Å². The molecule has 0 radical (unpaired) electrons. The fourth-order valence-corrected chi connectivity index (χ4v) is 5.16. The van der Waals surface area contributed by atoms with Gasteiger partial charge in [0.25, 0.3) is 0 Å². The van der Waals surface area contributed by atoms with E-state index < -0.39 is 0 Å². The molecular weight excluding hydrogens is 304 g/mol. The maximum Gasteiger partial charge on any atom is 0.107 e. The van der Waals surface area contributed by atoms with Crippen LogP contribution in [-0.2, 0) is 30.4 Å². The fraction of sp³-hybridized carbons (Fsp3) is 0.333. The highest BCUT2D eigenvalue weighted by Crippen LogP contribution is 2.45. The third-order valence-electron chi connectivity index (χ3n) is 6.34. The lowest BCUT2D eigenvalue weighted by Gasteiger charge is -2.27. The van der Waals surface area contributed by atoms with Crippen molar-refractivity contribution in [3.8, 4) is 11.1 Å². The van der Waals surface area contributed by atoms with Crippen molar-refractivity contribution in [3.63, 3.8) is 0 Å². The maximum absolute atomic E-state index is 5.64. The van der Waals surface area contributed by atoms with Gasteiger partial charge in [0.1, 0.15) is 6.10 Å². The zero-order valence-corrected chi connectivity index (χ0v) is 14.5. The second-order valence-electron chi connectivity index (χ2n) is 7.81. The molecule has 0 spiro atoms. The van der Waals surface area contributed by atoms with Gasteiger partial charge in [-0.15, -0.1) is 0 Å². The predicted octanol–water partition coefficient (Wildman–Crippen LogP) is 5.56. The van der Waals surface area contributed by atoms with Crippen LogP contribution in [0.3, 0.4) is 0 Å². The lowest BCUT2D eigenvalue weighted by molar-refractivity contribution is 0.416. The van der Waals surface area contributed by atoms with Gasteiger partial charge in [0.2, 0.25) is 0 Å². The topological polar surface area (TPSA) is 12.5 Å². The lowest BCUT2D eigenvalue weighted by atomic mass is 9.77. The average Bonchev–Trinajstić information content (AvgIpc) is 3.51. The Labute approximate surface area is 148 Å². The van der Waals surface area contributed by atoms with Crippen LogP contribution in [0.25, 0.3) is 21.9 Å². The van der Waals surface area contributed by atoms with Crippen LogP contribution < -0.4 is 0 Å². The van der Waals surface area contributed by atoms with E-state index in [1.807, 2.05) is 0 Å². The number of benzene rings is 3. The van der Waals surface area contributed by atoms with Crippen LogP contribution in [0.2, 0.25) is 0 Å². The monoisotopic (exact) mass is 326 g/mol. The first-order valence-corrected chi connectivity index (χ1v) is 9.70. The van der Waals surface area contributed by atoms with Crippen LogP contribution in [-0.4, -0.2) is 6.61 Å². The molecule has 1 nitrogen and oxygen atoms in total. The number of hydrogen-bond donors (Lipinski definition) is 0. The van der Waals surface area contributed by atoms with Crippen LogP contribution in [0, 0.1) is 0 Å². The Morgan fingerprint density at radius 1 is 0.720 bits per heavy atom. The van der Waals surface area contributed by atoms with E-state index in [0.29, 0.717) is 6.10 Å². The molecule has 3 aromatic carbocycles. The summed E-state index contributed by atoms with van der Waals surface area (Å²) >= 11 is 0. The van der Waals surface area contributed by atoms with E-state index >= 15 is 0 Å². The van der Waals surface area contributed by atoms with Gasteiger partial charge in [0.15, 0.2) is 0 Å². The minimum atomic E-state index is 0.310. The van der Waals surface area contributed by atoms with Gasteiger partial charge in [0.05, 0.1) is 6.61 Å². The second kappa shape index (κ2) is 5.19. The molecule has 1 saturated heterocycles. The Bertz CT molecular complexity index is 1010. The van der Waals surface area contributed by atoms with Crippen molar-refractivity contribution in [1.29, 1.82) is 0 Å². The second-order valence-corrected chi connectivity index (χ2v) is 7.81. The summed E-state index contributed by atoms with van der Waals surface area (Å²) in [5, 5.41) is 3.20. The van der Waals surface area contributed by atoms with Crippen LogP contribution in [0.1, 0.15) is 46.8 Å². The van der Waals surface area contributed by atoms with Gasteiger partial charge in [-0.2, -0.15) is 0 Å². The van der Waals surface area contributed by atoms with Crippen molar-refractivity contribution in [2.45, 2.75) is 44.6 Å². The molecule has 0 saturated carbocycles. The zero-order chi connectivity index (χ0) is 16.4. The Kier molecular flexibility index (Phi) is 2.92. The van der Waals surface area contributed by atoms with Crippen molar-refractivity contribution >= 4 is 10.8 Å². The molecule has 0 aromatic heterocycles. The third kappa shape index (κ3) is 2.05. The zero-order valence-electron chi connectivity index (χ0n) is 14.5. The molecule has 1 unspecified atom stereocenters. The standard InChI is InChI=1S/C24H22O/c1-2-9-19(22-14-25-22)18(8-1)21-13-17-7-3-5-15-11-12-16-6-4-10-20(21)24(16)23(15)17/h1-2,8-9,11-13,22H,3-7,10,14H2. The minimum Gasteiger partial charge on any atom is -0.368 e. The predicted molar refractivity (Wildman–Crippen MR) is 102 cm³/mol. The largest absolute Gasteiger partial charge is 0.368 e. The third-order valence-corrected chi connectivity index (χ3v) is 6.34. The molecule has 0 bridgehead atoms. The van der Waals surface area contributed by atoms with E-state index in [9.17, 15) is 0 Å². The normalized spacial score (nSPS) is 20.7. The van der Waals surface area contributed by atoms with Gasteiger partial charge in [-0.1, -0.05) is 42.5 Å². The Balaban J connectivity index is 1.72. The number of hydrogen-bond acceptors (Lipinski definition) is 1. The summed E-state index contributed by atoms with van der Waals surface area (Å²) in [5.41, 5.74) is 10.6. The Morgan fingerprint density at radius 3 is 2.28 bits per heavy atom. The number of aryl methyl sites for hydroxylation is 4. The quantitative estimate of drug-likeness (QED) is 0.562. The first-order valence-electron chi connectivity index (χ1n) is 9.70. The van der Waals surface area contributed by atoms with Crippen molar-refractivity contribution in [2.75, 3.05) is 6.61 Å². The smallest absolute Gasteiger partial charge is 0.107 e. The highest BCUT2D eigenvalue weighted by atomic mass is 16.6. The molecule has 1 aliphatic heterocycles. The van der Waals surface area contributed by atoms with E-state index in [1.165, 1.54) is 55.2 Å².